The third-order valence-electron chi connectivity index (χ3n) is 6.14. The summed E-state index contributed by atoms with van der Waals surface area (Å²) in [6, 6.07) is 18.0. The van der Waals surface area contributed by atoms with Crippen molar-refractivity contribution in [1.29, 1.82) is 5.26 Å². The molecular weight excluding hydrogens is 450 g/mol. The first-order valence-electron chi connectivity index (χ1n) is 11.7. The zero-order valence-electron chi connectivity index (χ0n) is 19.9. The molecule has 0 bridgehead atoms. The van der Waals surface area contributed by atoms with Gasteiger partial charge in [0.25, 0.3) is 0 Å². The molecule has 3 aromatic heterocycles. The molecule has 0 atom stereocenters. The highest BCUT2D eigenvalue weighted by molar-refractivity contribution is 5.98. The average Bonchev–Trinajstić information content (AvgIpc) is 3.49. The molecule has 0 saturated carbocycles. The van der Waals surface area contributed by atoms with Gasteiger partial charge in [-0.1, -0.05) is 42.5 Å². The Morgan fingerprint density at radius 3 is 2.42 bits per heavy atom. The molecule has 0 aliphatic heterocycles. The molecule has 0 spiro atoms. The molecule has 0 saturated heterocycles. The normalized spacial score (nSPS) is 11.0. The molecule has 5 rings (SSSR count). The number of carbonyl (C=O) groups is 1. The quantitative estimate of drug-likeness (QED) is 0.335. The predicted octanol–water partition coefficient (Wildman–Crippen LogP) is 4.30. The zero-order chi connectivity index (χ0) is 25.1. The van der Waals surface area contributed by atoms with Crippen LogP contribution in [0.25, 0.3) is 10.8 Å². The lowest BCUT2D eigenvalue weighted by atomic mass is 10.0. The Hall–Kier alpha value is -4.77. The molecule has 8 heteroatoms. The fourth-order valence-electron chi connectivity index (χ4n) is 4.27. The topological polar surface area (TPSA) is 115 Å². The third-order valence-corrected chi connectivity index (χ3v) is 6.14. The number of nitrogen functional groups attached to an aromatic ring is 1. The van der Waals surface area contributed by atoms with Crippen LogP contribution in [0.15, 0.2) is 73.3 Å². The minimum atomic E-state index is -0.1000. The number of nitrogens with zero attached hydrogens (tertiary/aromatic N) is 6. The fraction of sp³-hybridized carbons (Fsp3) is 0.179. The van der Waals surface area contributed by atoms with E-state index in [0.29, 0.717) is 30.9 Å². The summed E-state index contributed by atoms with van der Waals surface area (Å²) in [6.45, 7) is 3.20. The number of carbonyl (C=O) groups excluding carboxylic acids is 1. The minimum absolute atomic E-state index is 0.1000. The number of anilines is 1. The maximum atomic E-state index is 13.0. The van der Waals surface area contributed by atoms with Gasteiger partial charge in [0, 0.05) is 30.4 Å². The Balaban J connectivity index is 1.24. The molecule has 178 valence electrons. The van der Waals surface area contributed by atoms with Gasteiger partial charge in [0.05, 0.1) is 24.8 Å². The van der Waals surface area contributed by atoms with Crippen molar-refractivity contribution < 1.29 is 4.79 Å². The van der Waals surface area contributed by atoms with Crippen molar-refractivity contribution in [3.8, 4) is 6.07 Å². The third kappa shape index (κ3) is 5.00. The van der Waals surface area contributed by atoms with Crippen molar-refractivity contribution in [3.63, 3.8) is 0 Å². The van der Waals surface area contributed by atoms with Crippen LogP contribution in [0.4, 0.5) is 5.82 Å². The van der Waals surface area contributed by atoms with E-state index >= 15 is 0 Å². The largest absolute Gasteiger partial charge is 0.383 e. The number of pyridine rings is 1. The number of fused-ring (bicyclic) bond motifs is 1. The van der Waals surface area contributed by atoms with Crippen molar-refractivity contribution in [3.05, 3.63) is 107 Å². The summed E-state index contributed by atoms with van der Waals surface area (Å²) in [6.07, 6.45) is 8.04. The van der Waals surface area contributed by atoms with Crippen LogP contribution in [-0.2, 0) is 19.5 Å². The molecule has 0 aliphatic rings. The Morgan fingerprint density at radius 1 is 1.00 bits per heavy atom. The van der Waals surface area contributed by atoms with Crippen molar-refractivity contribution in [2.75, 3.05) is 5.73 Å². The van der Waals surface area contributed by atoms with E-state index in [1.54, 1.807) is 17.1 Å². The summed E-state index contributed by atoms with van der Waals surface area (Å²) in [5.74, 6) is 0.390. The fourth-order valence-corrected chi connectivity index (χ4v) is 4.27. The van der Waals surface area contributed by atoms with Crippen LogP contribution >= 0.6 is 0 Å². The molecule has 36 heavy (non-hydrogen) atoms. The van der Waals surface area contributed by atoms with Gasteiger partial charge in [-0.25, -0.2) is 4.98 Å². The number of rotatable bonds is 8. The lowest BCUT2D eigenvalue weighted by Gasteiger charge is -2.05. The number of hydrogen-bond donors (Lipinski definition) is 1. The summed E-state index contributed by atoms with van der Waals surface area (Å²) in [4.78, 5) is 17.1. The van der Waals surface area contributed by atoms with Gasteiger partial charge < -0.3 is 5.73 Å². The second-order valence-corrected chi connectivity index (χ2v) is 8.91. The van der Waals surface area contributed by atoms with E-state index in [4.69, 9.17) is 5.73 Å². The molecule has 0 aliphatic carbocycles. The zero-order valence-corrected chi connectivity index (χ0v) is 19.9. The first-order valence-corrected chi connectivity index (χ1v) is 11.7. The summed E-state index contributed by atoms with van der Waals surface area (Å²) < 4.78 is 3.56. The monoisotopic (exact) mass is 475 g/mol. The number of ketones is 1. The number of benzene rings is 2. The molecule has 0 unspecified atom stereocenters. The summed E-state index contributed by atoms with van der Waals surface area (Å²) in [5, 5.41) is 20.1. The van der Waals surface area contributed by atoms with E-state index in [1.807, 2.05) is 60.4 Å². The van der Waals surface area contributed by atoms with E-state index in [-0.39, 0.29) is 17.9 Å². The van der Waals surface area contributed by atoms with E-state index in [1.165, 1.54) is 0 Å². The molecule has 2 aromatic carbocycles. The second kappa shape index (κ2) is 9.84. The lowest BCUT2D eigenvalue weighted by Crippen LogP contribution is -2.03. The van der Waals surface area contributed by atoms with E-state index in [9.17, 15) is 10.1 Å². The SMILES string of the molecule is Cc1cnn(Cc2ccc(Cn3cc(C(=O)CCc4ccc5c(N)nccc5c4)c(C#N)n3)cc2)c1. The molecule has 3 heterocycles. The highest BCUT2D eigenvalue weighted by Gasteiger charge is 2.17. The number of aromatic nitrogens is 5. The van der Waals surface area contributed by atoms with Crippen LogP contribution in [0.3, 0.4) is 0 Å². The predicted molar refractivity (Wildman–Crippen MR) is 137 cm³/mol. The van der Waals surface area contributed by atoms with Gasteiger partial charge in [0.1, 0.15) is 11.9 Å². The van der Waals surface area contributed by atoms with Crippen LogP contribution in [0, 0.1) is 18.3 Å². The standard InChI is InChI=1S/C28H25N7O/c1-19-14-32-34(15-19)16-21-2-4-22(5-3-21)17-35-18-25(26(13-29)33-35)27(36)9-7-20-6-8-24-23(12-20)10-11-31-28(24)30/h2-6,8,10-12,14-15,18H,7,9,16-17H2,1H3,(H2,30,31). The van der Waals surface area contributed by atoms with Crippen molar-refractivity contribution >= 4 is 22.4 Å². The van der Waals surface area contributed by atoms with Gasteiger partial charge in [-0.05, 0) is 47.1 Å². The maximum absolute atomic E-state index is 13.0. The smallest absolute Gasteiger partial charge is 0.173 e. The molecule has 5 aromatic rings. The summed E-state index contributed by atoms with van der Waals surface area (Å²) in [7, 11) is 0. The molecular formula is C28H25N7O. The van der Waals surface area contributed by atoms with Crippen LogP contribution in [0.5, 0.6) is 0 Å². The van der Waals surface area contributed by atoms with E-state index in [2.05, 4.69) is 33.4 Å². The molecule has 0 radical (unpaired) electrons. The molecule has 2 N–H and O–H groups in total. The maximum Gasteiger partial charge on any atom is 0.173 e. The molecule has 0 amide bonds. The number of hydrogen-bond acceptors (Lipinski definition) is 6. The summed E-state index contributed by atoms with van der Waals surface area (Å²) in [5.41, 5.74) is 10.8. The van der Waals surface area contributed by atoms with Gasteiger partial charge in [-0.2, -0.15) is 15.5 Å². The summed E-state index contributed by atoms with van der Waals surface area (Å²) >= 11 is 0. The first-order chi connectivity index (χ1) is 17.5. The number of aryl methyl sites for hydroxylation is 2. The van der Waals surface area contributed by atoms with Crippen molar-refractivity contribution in [2.24, 2.45) is 0 Å². The van der Waals surface area contributed by atoms with Crippen molar-refractivity contribution in [2.45, 2.75) is 32.9 Å². The van der Waals surface area contributed by atoms with Crippen LogP contribution in [0.1, 0.15) is 44.7 Å². The van der Waals surface area contributed by atoms with Crippen LogP contribution < -0.4 is 5.73 Å². The highest BCUT2D eigenvalue weighted by Crippen LogP contribution is 2.21. The molecule has 0 fully saturated rings. The Labute approximate surface area is 208 Å². The Morgan fingerprint density at radius 2 is 1.72 bits per heavy atom. The number of nitriles is 1. The Kier molecular flexibility index (Phi) is 6.29. The first kappa shape index (κ1) is 23.0. The second-order valence-electron chi connectivity index (χ2n) is 8.91. The van der Waals surface area contributed by atoms with E-state index in [0.717, 1.165) is 33.0 Å². The Bertz CT molecular complexity index is 1590. The minimum Gasteiger partial charge on any atom is -0.383 e. The van der Waals surface area contributed by atoms with Crippen LogP contribution in [0.2, 0.25) is 0 Å². The van der Waals surface area contributed by atoms with Crippen molar-refractivity contribution in [1.82, 2.24) is 24.5 Å². The van der Waals surface area contributed by atoms with Gasteiger partial charge in [-0.3, -0.25) is 14.2 Å². The van der Waals surface area contributed by atoms with Gasteiger partial charge in [0.2, 0.25) is 0 Å². The number of nitrogens with two attached hydrogens (primary N) is 1. The highest BCUT2D eigenvalue weighted by atomic mass is 16.1. The van der Waals surface area contributed by atoms with Gasteiger partial charge in [-0.15, -0.1) is 0 Å². The van der Waals surface area contributed by atoms with Gasteiger partial charge in [0.15, 0.2) is 11.5 Å². The molecule has 8 nitrogen and oxygen atoms in total. The van der Waals surface area contributed by atoms with E-state index < -0.39 is 0 Å². The number of Topliss-reactive ketones (excluding diaryl/α,β-unsaturated/α-hetero) is 1. The van der Waals surface area contributed by atoms with Crippen LogP contribution in [-0.4, -0.2) is 30.3 Å². The van der Waals surface area contributed by atoms with Gasteiger partial charge >= 0.3 is 0 Å². The lowest BCUT2D eigenvalue weighted by molar-refractivity contribution is 0.0982. The average molecular weight is 476 g/mol.